The molecule has 6 aliphatic heterocycles. The van der Waals surface area contributed by atoms with Gasteiger partial charge in [-0.15, -0.1) is 0 Å². The van der Waals surface area contributed by atoms with E-state index in [-0.39, 0.29) is 88.5 Å². The number of carbonyl (C=O) groups excluding carboxylic acids is 2. The Morgan fingerprint density at radius 2 is 1.83 bits per heavy atom. The van der Waals surface area contributed by atoms with E-state index in [1.807, 2.05) is 0 Å². The van der Waals surface area contributed by atoms with Crippen LogP contribution in [-0.2, 0) is 24.5 Å². The molecular formula is C45H61N2O7+. The first-order valence-corrected chi connectivity index (χ1v) is 21.7. The first-order valence-electron chi connectivity index (χ1n) is 21.7. The fourth-order valence-electron chi connectivity index (χ4n) is 17.6. The molecule has 6 heterocycles. The molecule has 12 rings (SSSR count). The number of aliphatic hydroxyl groups is 3. The van der Waals surface area contributed by atoms with E-state index in [0.29, 0.717) is 22.9 Å². The zero-order valence-electron chi connectivity index (χ0n) is 32.7. The van der Waals surface area contributed by atoms with Gasteiger partial charge in [-0.1, -0.05) is 39.0 Å². The van der Waals surface area contributed by atoms with Crippen molar-refractivity contribution in [3.8, 4) is 0 Å². The van der Waals surface area contributed by atoms with Gasteiger partial charge < -0.3 is 29.7 Å². The quantitative estimate of drug-likeness (QED) is 0.278. The summed E-state index contributed by atoms with van der Waals surface area (Å²) in [5, 5.41) is 37.5. The molecule has 18 atom stereocenters. The van der Waals surface area contributed by atoms with E-state index in [1.54, 1.807) is 6.08 Å². The molecule has 54 heavy (non-hydrogen) atoms. The predicted octanol–water partition coefficient (Wildman–Crippen LogP) is 5.24. The highest BCUT2D eigenvalue weighted by molar-refractivity contribution is 5.85. The van der Waals surface area contributed by atoms with Crippen molar-refractivity contribution in [1.29, 1.82) is 0 Å². The van der Waals surface area contributed by atoms with Crippen molar-refractivity contribution in [1.82, 2.24) is 0 Å². The van der Waals surface area contributed by atoms with Gasteiger partial charge in [0.05, 0.1) is 29.2 Å². The molecule has 1 aromatic rings. The topological polar surface area (TPSA) is 117 Å². The van der Waals surface area contributed by atoms with Crippen LogP contribution in [0.5, 0.6) is 0 Å². The molecule has 11 aliphatic rings. The maximum absolute atomic E-state index is 14.5. The average molecular weight is 742 g/mol. The van der Waals surface area contributed by atoms with Crippen molar-refractivity contribution >= 4 is 17.6 Å². The fourth-order valence-corrected chi connectivity index (χ4v) is 17.6. The van der Waals surface area contributed by atoms with Crippen molar-refractivity contribution < 1.29 is 38.9 Å². The van der Waals surface area contributed by atoms with Gasteiger partial charge in [-0.25, -0.2) is 9.59 Å². The summed E-state index contributed by atoms with van der Waals surface area (Å²) >= 11 is 0. The number of quaternary nitrogens is 1. The Morgan fingerprint density at radius 3 is 2.61 bits per heavy atom. The number of hydrogen-bond donors (Lipinski definition) is 3. The molecule has 9 fully saturated rings. The molecule has 5 saturated carbocycles. The van der Waals surface area contributed by atoms with Crippen LogP contribution in [0.15, 0.2) is 35.9 Å². The van der Waals surface area contributed by atoms with Crippen molar-refractivity contribution in [2.24, 2.45) is 52.3 Å². The summed E-state index contributed by atoms with van der Waals surface area (Å²) in [6, 6.07) is 8.74. The Kier molecular flexibility index (Phi) is 7.17. The minimum atomic E-state index is -0.739. The van der Waals surface area contributed by atoms with E-state index in [9.17, 15) is 24.9 Å². The summed E-state index contributed by atoms with van der Waals surface area (Å²) in [6.07, 6.45) is 11.5. The lowest BCUT2D eigenvalue weighted by Gasteiger charge is -2.67. The van der Waals surface area contributed by atoms with E-state index < -0.39 is 17.9 Å². The third kappa shape index (κ3) is 3.88. The largest absolute Gasteiger partial charge is 0.458 e. The van der Waals surface area contributed by atoms with Crippen LogP contribution in [0.4, 0.5) is 5.69 Å². The van der Waals surface area contributed by atoms with Crippen molar-refractivity contribution in [3.05, 3.63) is 41.5 Å². The maximum atomic E-state index is 14.5. The fraction of sp³-hybridized carbons (Fsp3) is 0.778. The first kappa shape index (κ1) is 34.8. The number of benzene rings is 1. The lowest BCUT2D eigenvalue weighted by atomic mass is 9.43. The number of esters is 2. The van der Waals surface area contributed by atoms with E-state index in [2.05, 4.69) is 57.0 Å². The Morgan fingerprint density at radius 1 is 1.02 bits per heavy atom. The van der Waals surface area contributed by atoms with Gasteiger partial charge in [-0.05, 0) is 116 Å². The number of hydrogen-bond acceptors (Lipinski definition) is 8. The third-order valence-corrected chi connectivity index (χ3v) is 19.8. The zero-order valence-corrected chi connectivity index (χ0v) is 32.7. The second-order valence-corrected chi connectivity index (χ2v) is 20.7. The number of fused-ring (bicyclic) bond motifs is 7. The SMILES string of the molecule is CC[C@H]1[C@@H]2C[C@H]3[C@@H]4N(C)c5ccccc5[C@@]45C[C@@H]([C@@H]2[C@@H]5O)[N@+]3(CC(=O)O[C@H]2CC[C@@]3(C)[C@H](CC[C@@H]4[C@H]3CC[C@]3(C)[C@@H](C5=CC(=O)OC5)CC[C@]43O)C2)[C@@H]1O. The first-order chi connectivity index (χ1) is 25.8. The molecule has 9 nitrogen and oxygen atoms in total. The second kappa shape index (κ2) is 11.1. The van der Waals surface area contributed by atoms with Crippen LogP contribution in [0.2, 0.25) is 0 Å². The van der Waals surface area contributed by atoms with Crippen LogP contribution >= 0.6 is 0 Å². The monoisotopic (exact) mass is 741 g/mol. The van der Waals surface area contributed by atoms with Crippen molar-refractivity contribution in [2.45, 2.75) is 145 Å². The van der Waals surface area contributed by atoms with Gasteiger partial charge in [-0.2, -0.15) is 0 Å². The van der Waals surface area contributed by atoms with Crippen LogP contribution in [-0.4, -0.2) is 94.1 Å². The molecule has 9 heteroatoms. The highest BCUT2D eigenvalue weighted by Gasteiger charge is 2.83. The Hall–Kier alpha value is -2.46. The van der Waals surface area contributed by atoms with Gasteiger partial charge in [0.2, 0.25) is 0 Å². The molecule has 0 aromatic heterocycles. The highest BCUT2D eigenvalue weighted by Crippen LogP contribution is 2.73. The van der Waals surface area contributed by atoms with Gasteiger partial charge in [0.25, 0.3) is 0 Å². The van der Waals surface area contributed by atoms with Crippen molar-refractivity contribution in [3.63, 3.8) is 0 Å². The van der Waals surface area contributed by atoms with E-state index in [1.165, 1.54) is 11.3 Å². The normalized spacial score (nSPS) is 54.4. The number of likely N-dealkylation sites (N-methyl/N-ethyl adjacent to an activating group) is 1. The number of para-hydroxylation sites is 1. The van der Waals surface area contributed by atoms with Crippen LogP contribution in [0, 0.1) is 52.3 Å². The molecule has 0 radical (unpaired) electrons. The van der Waals surface area contributed by atoms with Gasteiger partial charge in [0, 0.05) is 48.9 Å². The Balaban J connectivity index is 0.829. The van der Waals surface area contributed by atoms with E-state index in [4.69, 9.17) is 9.47 Å². The predicted molar refractivity (Wildman–Crippen MR) is 201 cm³/mol. The number of piperidine rings is 4. The molecule has 3 N–H and O–H groups in total. The molecule has 1 aromatic carbocycles. The Bertz CT molecular complexity index is 1830. The van der Waals surface area contributed by atoms with Gasteiger partial charge in [-0.3, -0.25) is 4.48 Å². The summed E-state index contributed by atoms with van der Waals surface area (Å²) < 4.78 is 12.3. The van der Waals surface area contributed by atoms with Crippen LogP contribution in [0.1, 0.15) is 103 Å². The number of cyclic esters (lactones) is 1. The average Bonchev–Trinajstić information content (AvgIpc) is 3.83. The van der Waals surface area contributed by atoms with E-state index in [0.717, 1.165) is 82.6 Å². The van der Waals surface area contributed by atoms with Gasteiger partial charge in [0.15, 0.2) is 12.8 Å². The molecule has 0 unspecified atom stereocenters. The number of aliphatic hydroxyl groups excluding tert-OH is 2. The third-order valence-electron chi connectivity index (χ3n) is 19.8. The van der Waals surface area contributed by atoms with Crippen LogP contribution < -0.4 is 4.90 Å². The number of rotatable bonds is 5. The Labute approximate surface area is 320 Å². The molecule has 0 amide bonds. The molecule has 4 saturated heterocycles. The summed E-state index contributed by atoms with van der Waals surface area (Å²) in [6.45, 7) is 7.48. The minimum absolute atomic E-state index is 0.0370. The summed E-state index contributed by atoms with van der Waals surface area (Å²) in [5.74, 6) is 1.32. The maximum Gasteiger partial charge on any atom is 0.362 e. The van der Waals surface area contributed by atoms with Crippen molar-refractivity contribution in [2.75, 3.05) is 25.1 Å². The molecular weight excluding hydrogens is 681 g/mol. The number of nitrogens with zero attached hydrogens (tertiary/aromatic N) is 2. The highest BCUT2D eigenvalue weighted by atomic mass is 16.5. The molecule has 5 bridgehead atoms. The number of carbonyl (C=O) groups is 2. The number of ether oxygens (including phenoxy) is 2. The van der Waals surface area contributed by atoms with Crippen LogP contribution in [0.25, 0.3) is 0 Å². The molecule has 292 valence electrons. The second-order valence-electron chi connectivity index (χ2n) is 20.7. The molecule has 5 aliphatic carbocycles. The lowest BCUT2D eigenvalue weighted by molar-refractivity contribution is -1.03. The minimum Gasteiger partial charge on any atom is -0.458 e. The van der Waals surface area contributed by atoms with E-state index >= 15 is 0 Å². The standard InChI is InChI=1S/C45H61N2O7/c1-5-27-28-20-34-39-44(32-8-6-7-9-33(32)46(39)4)21-35(38(28)40(44)50)47(34,41(27)51)22-37(49)54-26-12-15-42(2)25(19-26)10-11-31-30(42)13-16-43(3)29(14-17-45(31,43)52)24-18-36(48)53-23-24/h6-9,18,25-31,34-35,38-41,50-52H,5,10-17,19-23H2,1-4H3/q+1/t25-,26+,27+,28+,29-,30-,31-,34+,35+,38-,39+,40+,41-,42+,43-,44+,45+,47-/m1/s1. The smallest absolute Gasteiger partial charge is 0.362 e. The van der Waals surface area contributed by atoms with Crippen LogP contribution in [0.3, 0.4) is 0 Å². The summed E-state index contributed by atoms with van der Waals surface area (Å²) in [4.78, 5) is 28.8. The molecule has 1 spiro atoms. The van der Waals surface area contributed by atoms with Gasteiger partial charge in [0.1, 0.15) is 18.8 Å². The summed E-state index contributed by atoms with van der Waals surface area (Å²) in [5.41, 5.74) is 2.28. The van der Waals surface area contributed by atoms with Gasteiger partial charge >= 0.3 is 11.9 Å². The number of anilines is 1. The lowest BCUT2D eigenvalue weighted by Crippen LogP contribution is -2.83. The summed E-state index contributed by atoms with van der Waals surface area (Å²) in [7, 11) is 2.17. The zero-order chi connectivity index (χ0) is 37.3.